The first-order valence-corrected chi connectivity index (χ1v) is 9.01. The lowest BCUT2D eigenvalue weighted by Gasteiger charge is -2.27. The molecule has 0 aromatic carbocycles. The maximum absolute atomic E-state index is 12.3. The smallest absolute Gasteiger partial charge is 0.334 e. The number of carbonyl (C=O) groups is 2. The van der Waals surface area contributed by atoms with Gasteiger partial charge in [0.25, 0.3) is 0 Å². The van der Waals surface area contributed by atoms with Crippen LogP contribution >= 0.6 is 0 Å². The minimum Gasteiger partial charge on any atom is -0.461 e. The lowest BCUT2D eigenvalue weighted by atomic mass is 9.85. The van der Waals surface area contributed by atoms with Gasteiger partial charge in [0, 0.05) is 18.6 Å². The van der Waals surface area contributed by atoms with Crippen molar-refractivity contribution in [2.24, 2.45) is 11.8 Å². The van der Waals surface area contributed by atoms with Crippen molar-refractivity contribution in [3.63, 3.8) is 0 Å². The van der Waals surface area contributed by atoms with E-state index in [1.165, 1.54) is 0 Å². The lowest BCUT2D eigenvalue weighted by Crippen LogP contribution is -2.34. The number of aliphatic hydroxyl groups excluding tert-OH is 2. The topological polar surface area (TPSA) is 93.1 Å². The molecule has 1 aliphatic carbocycles. The molecule has 144 valence electrons. The van der Waals surface area contributed by atoms with Crippen LogP contribution in [0.15, 0.2) is 35.5 Å². The SMILES string of the molecule is C=C1C(=O)O[C@@H]2/C=C(/CO)CC/C=C(/C)C[C@H](OC(=O)C[C@@H](C)CO)[C@@H]12. The summed E-state index contributed by atoms with van der Waals surface area (Å²) in [5.41, 5.74) is 2.11. The Bertz CT molecular complexity index is 618. The van der Waals surface area contributed by atoms with Gasteiger partial charge < -0.3 is 19.7 Å². The summed E-state index contributed by atoms with van der Waals surface area (Å²) < 4.78 is 11.1. The van der Waals surface area contributed by atoms with Crippen molar-refractivity contribution >= 4 is 11.9 Å². The molecule has 6 heteroatoms. The van der Waals surface area contributed by atoms with E-state index in [1.807, 2.05) is 6.92 Å². The number of hydrogen-bond acceptors (Lipinski definition) is 6. The van der Waals surface area contributed by atoms with Gasteiger partial charge in [-0.3, -0.25) is 4.79 Å². The van der Waals surface area contributed by atoms with E-state index in [2.05, 4.69) is 12.7 Å². The molecule has 6 nitrogen and oxygen atoms in total. The fourth-order valence-corrected chi connectivity index (χ4v) is 3.34. The molecule has 1 heterocycles. The second kappa shape index (κ2) is 9.14. The van der Waals surface area contributed by atoms with E-state index in [0.717, 1.165) is 17.6 Å². The molecule has 0 aromatic heterocycles. The summed E-state index contributed by atoms with van der Waals surface area (Å²) in [7, 11) is 0. The first-order chi connectivity index (χ1) is 12.3. The number of aliphatic hydroxyl groups is 2. The van der Waals surface area contributed by atoms with Crippen molar-refractivity contribution in [3.05, 3.63) is 35.5 Å². The van der Waals surface area contributed by atoms with Gasteiger partial charge in [-0.2, -0.15) is 0 Å². The predicted octanol–water partition coefficient (Wildman–Crippen LogP) is 2.06. The maximum atomic E-state index is 12.3. The van der Waals surface area contributed by atoms with Crippen LogP contribution in [0, 0.1) is 11.8 Å². The lowest BCUT2D eigenvalue weighted by molar-refractivity contribution is -0.153. The molecular formula is C20H28O6. The van der Waals surface area contributed by atoms with Crippen LogP contribution in [0.3, 0.4) is 0 Å². The average molecular weight is 364 g/mol. The van der Waals surface area contributed by atoms with Gasteiger partial charge in [-0.1, -0.05) is 25.2 Å². The number of hydrogen-bond donors (Lipinski definition) is 2. The third kappa shape index (κ3) is 5.05. The second-order valence-corrected chi connectivity index (χ2v) is 7.22. The fraction of sp³-hybridized carbons (Fsp3) is 0.600. The summed E-state index contributed by atoms with van der Waals surface area (Å²) in [6.45, 7) is 7.35. The van der Waals surface area contributed by atoms with Crippen molar-refractivity contribution in [3.8, 4) is 0 Å². The highest BCUT2D eigenvalue weighted by Crippen LogP contribution is 2.36. The third-order valence-electron chi connectivity index (χ3n) is 4.86. The molecule has 0 amide bonds. The minimum atomic E-state index is -0.601. The van der Waals surface area contributed by atoms with Gasteiger partial charge >= 0.3 is 11.9 Å². The van der Waals surface area contributed by atoms with Crippen molar-refractivity contribution in [1.29, 1.82) is 0 Å². The summed E-state index contributed by atoms with van der Waals surface area (Å²) in [4.78, 5) is 24.3. The van der Waals surface area contributed by atoms with E-state index in [-0.39, 0.29) is 31.1 Å². The van der Waals surface area contributed by atoms with E-state index in [0.29, 0.717) is 12.8 Å². The standard InChI is InChI=1S/C20H28O6/c1-12-5-4-6-15(11-22)9-17-19(14(3)20(24)26-17)16(7-12)25-18(23)8-13(2)10-21/h5,9,13,16-17,19,21-22H,3-4,6-8,10-11H2,1-2H3/b12-5-,15-9+/t13-,16+,17-,19-/m1/s1. The van der Waals surface area contributed by atoms with E-state index < -0.39 is 30.1 Å². The van der Waals surface area contributed by atoms with Crippen LogP contribution in [0.5, 0.6) is 0 Å². The Hall–Kier alpha value is -1.92. The molecule has 2 aliphatic rings. The van der Waals surface area contributed by atoms with Crippen LogP contribution in [-0.2, 0) is 19.1 Å². The molecule has 1 aliphatic heterocycles. The van der Waals surface area contributed by atoms with E-state index in [1.54, 1.807) is 13.0 Å². The van der Waals surface area contributed by atoms with Crippen molar-refractivity contribution in [2.45, 2.75) is 51.7 Å². The van der Waals surface area contributed by atoms with Crippen molar-refractivity contribution in [1.82, 2.24) is 0 Å². The normalized spacial score (nSPS) is 31.8. The Balaban J connectivity index is 2.30. The van der Waals surface area contributed by atoms with Crippen LogP contribution in [0.25, 0.3) is 0 Å². The summed E-state index contributed by atoms with van der Waals surface area (Å²) in [5.74, 6) is -1.60. The second-order valence-electron chi connectivity index (χ2n) is 7.22. The molecular weight excluding hydrogens is 336 g/mol. The van der Waals surface area contributed by atoms with Crippen molar-refractivity contribution < 1.29 is 29.3 Å². The van der Waals surface area contributed by atoms with Crippen LogP contribution in [0.4, 0.5) is 0 Å². The third-order valence-corrected chi connectivity index (χ3v) is 4.86. The van der Waals surface area contributed by atoms with Crippen LogP contribution in [0.1, 0.15) is 39.5 Å². The summed E-state index contributed by atoms with van der Waals surface area (Å²) in [6, 6.07) is 0. The van der Waals surface area contributed by atoms with Gasteiger partial charge in [0.15, 0.2) is 0 Å². The predicted molar refractivity (Wildman–Crippen MR) is 96.0 cm³/mol. The van der Waals surface area contributed by atoms with E-state index >= 15 is 0 Å². The zero-order chi connectivity index (χ0) is 19.3. The molecule has 2 rings (SSSR count). The molecule has 0 unspecified atom stereocenters. The molecule has 4 atom stereocenters. The Labute approximate surface area is 154 Å². The molecule has 1 fully saturated rings. The number of ether oxygens (including phenoxy) is 2. The molecule has 0 aromatic rings. The number of rotatable bonds is 5. The van der Waals surface area contributed by atoms with E-state index in [4.69, 9.17) is 14.6 Å². The highest BCUT2D eigenvalue weighted by Gasteiger charge is 2.44. The highest BCUT2D eigenvalue weighted by atomic mass is 16.6. The van der Waals surface area contributed by atoms with Gasteiger partial charge in [0.05, 0.1) is 18.9 Å². The van der Waals surface area contributed by atoms with Gasteiger partial charge in [-0.25, -0.2) is 4.79 Å². The molecule has 0 spiro atoms. The van der Waals surface area contributed by atoms with Crippen LogP contribution in [-0.4, -0.2) is 47.6 Å². The Morgan fingerprint density at radius 1 is 1.46 bits per heavy atom. The average Bonchev–Trinajstić information content (AvgIpc) is 2.86. The first kappa shape index (κ1) is 20.4. The molecule has 0 bridgehead atoms. The number of esters is 2. The Morgan fingerprint density at radius 3 is 2.85 bits per heavy atom. The fourth-order valence-electron chi connectivity index (χ4n) is 3.34. The Kier molecular flexibility index (Phi) is 7.17. The molecule has 0 saturated carbocycles. The van der Waals surface area contributed by atoms with Crippen LogP contribution in [0.2, 0.25) is 0 Å². The van der Waals surface area contributed by atoms with Crippen molar-refractivity contribution in [2.75, 3.05) is 13.2 Å². The van der Waals surface area contributed by atoms with Gasteiger partial charge in [0.1, 0.15) is 12.2 Å². The zero-order valence-electron chi connectivity index (χ0n) is 15.4. The molecule has 26 heavy (non-hydrogen) atoms. The molecule has 2 N–H and O–H groups in total. The zero-order valence-corrected chi connectivity index (χ0v) is 15.4. The maximum Gasteiger partial charge on any atom is 0.334 e. The van der Waals surface area contributed by atoms with Crippen LogP contribution < -0.4 is 0 Å². The largest absolute Gasteiger partial charge is 0.461 e. The summed E-state index contributed by atoms with van der Waals surface area (Å²) in [5, 5.41) is 18.7. The molecule has 1 saturated heterocycles. The molecule has 0 radical (unpaired) electrons. The minimum absolute atomic E-state index is 0.0956. The summed E-state index contributed by atoms with van der Waals surface area (Å²) in [6.07, 6.45) is 4.66. The number of fused-ring (bicyclic) bond motifs is 1. The highest BCUT2D eigenvalue weighted by molar-refractivity contribution is 5.91. The van der Waals surface area contributed by atoms with Gasteiger partial charge in [-0.05, 0) is 37.3 Å². The van der Waals surface area contributed by atoms with E-state index in [9.17, 15) is 14.7 Å². The number of allylic oxidation sites excluding steroid dienone is 1. The number of carbonyl (C=O) groups excluding carboxylic acids is 2. The monoisotopic (exact) mass is 364 g/mol. The first-order valence-electron chi connectivity index (χ1n) is 9.01. The quantitative estimate of drug-likeness (QED) is 0.441. The summed E-state index contributed by atoms with van der Waals surface area (Å²) >= 11 is 0. The van der Waals surface area contributed by atoms with Gasteiger partial charge in [-0.15, -0.1) is 0 Å². The Morgan fingerprint density at radius 2 is 2.19 bits per heavy atom. The van der Waals surface area contributed by atoms with Gasteiger partial charge in [0.2, 0.25) is 0 Å².